The molecule has 2 aromatic heterocycles. The number of pyridine rings is 1. The third-order valence-electron chi connectivity index (χ3n) is 4.69. The first-order valence-electron chi connectivity index (χ1n) is 8.78. The first-order valence-corrected chi connectivity index (χ1v) is 9.59. The highest BCUT2D eigenvalue weighted by Crippen LogP contribution is 2.32. The summed E-state index contributed by atoms with van der Waals surface area (Å²) in [6.07, 6.45) is 5.62. The molecule has 1 fully saturated rings. The van der Waals surface area contributed by atoms with Gasteiger partial charge in [0.1, 0.15) is 10.8 Å². The van der Waals surface area contributed by atoms with Gasteiger partial charge in [-0.25, -0.2) is 4.98 Å². The molecule has 3 heterocycles. The number of hydrogen-bond donors (Lipinski definition) is 1. The summed E-state index contributed by atoms with van der Waals surface area (Å²) in [5.41, 5.74) is 2.36. The Morgan fingerprint density at radius 1 is 1.23 bits per heavy atom. The molecule has 1 N–H and O–H groups in total. The van der Waals surface area contributed by atoms with E-state index in [9.17, 15) is 0 Å². The van der Waals surface area contributed by atoms with E-state index in [-0.39, 0.29) is 0 Å². The number of methoxy groups -OCH3 is 1. The molecule has 3 aromatic rings. The van der Waals surface area contributed by atoms with Crippen LogP contribution in [0.2, 0.25) is 0 Å². The lowest BCUT2D eigenvalue weighted by atomic mass is 10.0. The molecule has 0 aliphatic carbocycles. The van der Waals surface area contributed by atoms with Crippen LogP contribution < -0.4 is 10.1 Å². The molecule has 1 aliphatic rings. The third kappa shape index (κ3) is 3.62. The Bertz CT molecular complexity index is 852. The summed E-state index contributed by atoms with van der Waals surface area (Å²) in [6, 6.07) is 12.6. The molecular weight excluding hydrogens is 344 g/mol. The smallest absolute Gasteiger partial charge is 0.123 e. The highest BCUT2D eigenvalue weighted by atomic mass is 32.1. The molecule has 1 atom stereocenters. The van der Waals surface area contributed by atoms with Gasteiger partial charge >= 0.3 is 0 Å². The highest BCUT2D eigenvalue weighted by Gasteiger charge is 2.26. The second-order valence-electron chi connectivity index (χ2n) is 6.30. The average Bonchev–Trinajstić information content (AvgIpc) is 3.18. The number of benzene rings is 1. The second kappa shape index (κ2) is 7.95. The molecule has 6 heteroatoms. The van der Waals surface area contributed by atoms with E-state index in [1.807, 2.05) is 42.9 Å². The quantitative estimate of drug-likeness (QED) is 0.750. The predicted octanol–water partition coefficient (Wildman–Crippen LogP) is 3.36. The molecule has 0 saturated carbocycles. The molecule has 1 saturated heterocycles. The zero-order valence-electron chi connectivity index (χ0n) is 14.8. The second-order valence-corrected chi connectivity index (χ2v) is 7.42. The molecular formula is C20H22N4OS. The van der Waals surface area contributed by atoms with Crippen LogP contribution in [0.15, 0.2) is 55.0 Å². The van der Waals surface area contributed by atoms with Gasteiger partial charge in [-0.05, 0) is 18.2 Å². The molecule has 1 unspecified atom stereocenters. The Morgan fingerprint density at radius 3 is 2.92 bits per heavy atom. The zero-order valence-corrected chi connectivity index (χ0v) is 15.6. The molecule has 26 heavy (non-hydrogen) atoms. The molecule has 4 rings (SSSR count). The van der Waals surface area contributed by atoms with Crippen molar-refractivity contribution in [2.24, 2.45) is 0 Å². The first kappa shape index (κ1) is 17.1. The van der Waals surface area contributed by atoms with Gasteiger partial charge in [-0.15, -0.1) is 11.3 Å². The van der Waals surface area contributed by atoms with E-state index >= 15 is 0 Å². The summed E-state index contributed by atoms with van der Waals surface area (Å²) >= 11 is 1.75. The number of para-hydroxylation sites is 1. The van der Waals surface area contributed by atoms with Gasteiger partial charge in [0.15, 0.2) is 0 Å². The van der Waals surface area contributed by atoms with Crippen molar-refractivity contribution in [3.8, 4) is 16.3 Å². The monoisotopic (exact) mass is 366 g/mol. The highest BCUT2D eigenvalue weighted by molar-refractivity contribution is 7.15. The Labute approximate surface area is 157 Å². The minimum atomic E-state index is 0.298. The van der Waals surface area contributed by atoms with Gasteiger partial charge in [0, 0.05) is 60.8 Å². The summed E-state index contributed by atoms with van der Waals surface area (Å²) in [7, 11) is 1.74. The summed E-state index contributed by atoms with van der Waals surface area (Å²) in [6.45, 7) is 3.83. The largest absolute Gasteiger partial charge is 0.496 e. The topological polar surface area (TPSA) is 50.3 Å². The molecule has 1 aromatic carbocycles. The van der Waals surface area contributed by atoms with Crippen LogP contribution in [-0.2, 0) is 6.54 Å². The summed E-state index contributed by atoms with van der Waals surface area (Å²) in [4.78, 5) is 12.5. The predicted molar refractivity (Wildman–Crippen MR) is 104 cm³/mol. The fourth-order valence-corrected chi connectivity index (χ4v) is 4.34. The summed E-state index contributed by atoms with van der Waals surface area (Å²) in [5.74, 6) is 0.952. The number of thiazole rings is 1. The van der Waals surface area contributed by atoms with Gasteiger partial charge in [0.2, 0.25) is 0 Å². The minimum Gasteiger partial charge on any atom is -0.496 e. The third-order valence-corrected chi connectivity index (χ3v) is 5.72. The molecule has 5 nitrogen and oxygen atoms in total. The first-order chi connectivity index (χ1) is 12.8. The summed E-state index contributed by atoms with van der Waals surface area (Å²) < 4.78 is 5.59. The number of rotatable bonds is 5. The number of hydrogen-bond acceptors (Lipinski definition) is 6. The number of ether oxygens (including phenoxy) is 1. The fourth-order valence-electron chi connectivity index (χ4n) is 3.39. The van der Waals surface area contributed by atoms with Crippen molar-refractivity contribution >= 4 is 11.3 Å². The summed E-state index contributed by atoms with van der Waals surface area (Å²) in [5, 5.41) is 4.56. The molecule has 0 bridgehead atoms. The lowest BCUT2D eigenvalue weighted by Gasteiger charge is -2.36. The maximum Gasteiger partial charge on any atom is 0.123 e. The SMILES string of the molecule is COc1ccccc1C1CNCCN1Cc1cnc(-c2ccncc2)s1. The van der Waals surface area contributed by atoms with Crippen LogP contribution in [0.5, 0.6) is 5.75 Å². The zero-order chi connectivity index (χ0) is 17.8. The number of piperazine rings is 1. The number of aromatic nitrogens is 2. The van der Waals surface area contributed by atoms with Gasteiger partial charge in [0.05, 0.1) is 13.2 Å². The number of nitrogens with one attached hydrogen (secondary N) is 1. The van der Waals surface area contributed by atoms with E-state index in [0.717, 1.165) is 42.5 Å². The van der Waals surface area contributed by atoms with Crippen molar-refractivity contribution < 1.29 is 4.74 Å². The van der Waals surface area contributed by atoms with Crippen molar-refractivity contribution in [3.05, 3.63) is 65.4 Å². The van der Waals surface area contributed by atoms with E-state index in [0.29, 0.717) is 6.04 Å². The maximum atomic E-state index is 5.59. The van der Waals surface area contributed by atoms with E-state index in [1.165, 1.54) is 10.4 Å². The van der Waals surface area contributed by atoms with E-state index in [4.69, 9.17) is 4.74 Å². The van der Waals surface area contributed by atoms with E-state index in [2.05, 4.69) is 32.3 Å². The van der Waals surface area contributed by atoms with Gasteiger partial charge in [-0.3, -0.25) is 9.88 Å². The molecule has 0 radical (unpaired) electrons. The normalized spacial score (nSPS) is 18.0. The van der Waals surface area contributed by atoms with Gasteiger partial charge in [-0.2, -0.15) is 0 Å². The minimum absolute atomic E-state index is 0.298. The Morgan fingerprint density at radius 2 is 2.08 bits per heavy atom. The Hall–Kier alpha value is -2.28. The lowest BCUT2D eigenvalue weighted by Crippen LogP contribution is -2.45. The number of nitrogens with zero attached hydrogens (tertiary/aromatic N) is 3. The Kier molecular flexibility index (Phi) is 5.24. The fraction of sp³-hybridized carbons (Fsp3) is 0.300. The van der Waals surface area contributed by atoms with Gasteiger partial charge < -0.3 is 10.1 Å². The molecule has 0 amide bonds. The van der Waals surface area contributed by atoms with Crippen molar-refractivity contribution in [2.45, 2.75) is 12.6 Å². The molecule has 1 aliphatic heterocycles. The van der Waals surface area contributed by atoms with Crippen molar-refractivity contribution in [1.82, 2.24) is 20.2 Å². The van der Waals surface area contributed by atoms with Crippen LogP contribution in [0.4, 0.5) is 0 Å². The lowest BCUT2D eigenvalue weighted by molar-refractivity contribution is 0.152. The van der Waals surface area contributed by atoms with Crippen LogP contribution in [0.1, 0.15) is 16.5 Å². The van der Waals surface area contributed by atoms with Crippen LogP contribution in [-0.4, -0.2) is 41.6 Å². The van der Waals surface area contributed by atoms with Gasteiger partial charge in [0.25, 0.3) is 0 Å². The average molecular weight is 366 g/mol. The maximum absolute atomic E-state index is 5.59. The van der Waals surface area contributed by atoms with Crippen LogP contribution >= 0.6 is 11.3 Å². The van der Waals surface area contributed by atoms with Crippen molar-refractivity contribution in [2.75, 3.05) is 26.7 Å². The van der Waals surface area contributed by atoms with E-state index < -0.39 is 0 Å². The van der Waals surface area contributed by atoms with Crippen molar-refractivity contribution in [3.63, 3.8) is 0 Å². The standard InChI is InChI=1S/C20H22N4OS/c1-25-19-5-3-2-4-17(19)18-13-22-10-11-24(18)14-16-12-23-20(26-16)15-6-8-21-9-7-15/h2-9,12,18,22H,10-11,13-14H2,1H3. The van der Waals surface area contributed by atoms with Crippen LogP contribution in [0.25, 0.3) is 10.6 Å². The molecule has 134 valence electrons. The molecule has 0 spiro atoms. The van der Waals surface area contributed by atoms with Gasteiger partial charge in [-0.1, -0.05) is 18.2 Å². The Balaban J connectivity index is 1.55. The van der Waals surface area contributed by atoms with Crippen LogP contribution in [0.3, 0.4) is 0 Å². The van der Waals surface area contributed by atoms with Crippen LogP contribution in [0, 0.1) is 0 Å². The van der Waals surface area contributed by atoms with Crippen molar-refractivity contribution in [1.29, 1.82) is 0 Å². The van der Waals surface area contributed by atoms with E-state index in [1.54, 1.807) is 18.4 Å².